The number of carbonyl (C=O) groups is 1. The smallest absolute Gasteiger partial charge is 0.249 e. The first-order valence-corrected chi connectivity index (χ1v) is 13.1. The molecule has 1 aliphatic rings. The van der Waals surface area contributed by atoms with Gasteiger partial charge in [0, 0.05) is 18.9 Å². The molecule has 33 heavy (non-hydrogen) atoms. The Labute approximate surface area is 197 Å². The normalized spacial score (nSPS) is 17.7. The van der Waals surface area contributed by atoms with E-state index in [-0.39, 0.29) is 24.5 Å². The quantitative estimate of drug-likeness (QED) is 0.505. The number of aliphatic hydroxyl groups excluding tert-OH is 1. The fourth-order valence-corrected chi connectivity index (χ4v) is 6.84. The Morgan fingerprint density at radius 2 is 1.82 bits per heavy atom. The molecule has 4 rings (SSSR count). The third-order valence-electron chi connectivity index (χ3n) is 5.54. The Kier molecular flexibility index (Phi) is 7.23. The van der Waals surface area contributed by atoms with Gasteiger partial charge in [0.1, 0.15) is 11.1 Å². The van der Waals surface area contributed by atoms with Gasteiger partial charge in [-0.05, 0) is 48.7 Å². The highest BCUT2D eigenvalue weighted by Gasteiger charge is 2.40. The fourth-order valence-electron chi connectivity index (χ4n) is 3.76. The van der Waals surface area contributed by atoms with Gasteiger partial charge in [-0.15, -0.1) is 11.8 Å². The monoisotopic (exact) mass is 486 g/mol. The number of aliphatic hydroxyl groups is 1. The zero-order chi connectivity index (χ0) is 23.4. The van der Waals surface area contributed by atoms with E-state index in [1.54, 1.807) is 36.4 Å². The minimum absolute atomic E-state index is 0.140. The van der Waals surface area contributed by atoms with Crippen molar-refractivity contribution in [2.24, 2.45) is 0 Å². The largest absolute Gasteiger partial charge is 0.467 e. The molecule has 2 unspecified atom stereocenters. The molecular weight excluding hydrogens is 460 g/mol. The van der Waals surface area contributed by atoms with E-state index in [1.165, 1.54) is 22.3 Å². The van der Waals surface area contributed by atoms with Crippen LogP contribution in [0.4, 0.5) is 0 Å². The summed E-state index contributed by atoms with van der Waals surface area (Å²) in [5.74, 6) is 0.609. The summed E-state index contributed by atoms with van der Waals surface area (Å²) < 4.78 is 33.3. The van der Waals surface area contributed by atoms with Crippen molar-refractivity contribution in [3.05, 3.63) is 78.3 Å². The number of carbonyl (C=O) groups excluding carboxylic acids is 1. The number of aryl methyl sites for hydroxylation is 1. The average molecular weight is 487 g/mol. The predicted octanol–water partition coefficient (Wildman–Crippen LogP) is 3.56. The van der Waals surface area contributed by atoms with Gasteiger partial charge in [0.05, 0.1) is 17.2 Å². The van der Waals surface area contributed by atoms with E-state index in [9.17, 15) is 18.3 Å². The van der Waals surface area contributed by atoms with Crippen molar-refractivity contribution in [3.8, 4) is 11.1 Å². The van der Waals surface area contributed by atoms with Crippen molar-refractivity contribution in [1.82, 2.24) is 9.62 Å². The van der Waals surface area contributed by atoms with E-state index in [1.807, 2.05) is 31.2 Å². The molecule has 0 aliphatic carbocycles. The van der Waals surface area contributed by atoms with E-state index in [0.29, 0.717) is 11.5 Å². The topological polar surface area (TPSA) is 99.9 Å². The second-order valence-corrected chi connectivity index (χ2v) is 10.9. The molecule has 1 aromatic heterocycles. The summed E-state index contributed by atoms with van der Waals surface area (Å²) in [5.41, 5.74) is 3.08. The highest BCUT2D eigenvalue weighted by molar-refractivity contribution is 8.02. The molecule has 2 heterocycles. The van der Waals surface area contributed by atoms with Crippen LogP contribution in [0.3, 0.4) is 0 Å². The van der Waals surface area contributed by atoms with Crippen LogP contribution in [0.15, 0.2) is 76.2 Å². The average Bonchev–Trinajstić information content (AvgIpc) is 3.52. The van der Waals surface area contributed by atoms with Crippen molar-refractivity contribution in [2.45, 2.75) is 29.7 Å². The summed E-state index contributed by atoms with van der Waals surface area (Å²) in [6, 6.07) is 17.6. The molecule has 1 amide bonds. The van der Waals surface area contributed by atoms with Crippen LogP contribution in [0.5, 0.6) is 0 Å². The summed E-state index contributed by atoms with van der Waals surface area (Å²) in [6.45, 7) is 2.12. The Hall–Kier alpha value is -2.59. The molecule has 2 N–H and O–H groups in total. The first-order chi connectivity index (χ1) is 15.9. The number of amides is 1. The van der Waals surface area contributed by atoms with E-state index >= 15 is 0 Å². The summed E-state index contributed by atoms with van der Waals surface area (Å²) in [5, 5.41) is 11.3. The van der Waals surface area contributed by atoms with Crippen molar-refractivity contribution < 1.29 is 22.7 Å². The van der Waals surface area contributed by atoms with Gasteiger partial charge in [0.2, 0.25) is 15.9 Å². The predicted molar refractivity (Wildman–Crippen MR) is 128 cm³/mol. The lowest BCUT2D eigenvalue weighted by Gasteiger charge is -2.24. The number of benzene rings is 2. The maximum Gasteiger partial charge on any atom is 0.249 e. The summed E-state index contributed by atoms with van der Waals surface area (Å²) in [6.07, 6.45) is 1.76. The van der Waals surface area contributed by atoms with Gasteiger partial charge >= 0.3 is 0 Å². The summed E-state index contributed by atoms with van der Waals surface area (Å²) in [7, 11) is -3.86. The van der Waals surface area contributed by atoms with Gasteiger partial charge in [-0.25, -0.2) is 8.42 Å². The van der Waals surface area contributed by atoms with Crippen molar-refractivity contribution >= 4 is 27.7 Å². The molecule has 0 bridgehead atoms. The molecule has 174 valence electrons. The number of thioether (sulfide) groups is 1. The number of nitrogens with one attached hydrogen (secondary N) is 1. The molecule has 7 nitrogen and oxygen atoms in total. The highest BCUT2D eigenvalue weighted by Crippen LogP contribution is 2.32. The van der Waals surface area contributed by atoms with Gasteiger partial charge in [0.25, 0.3) is 0 Å². The van der Waals surface area contributed by atoms with E-state index in [0.717, 1.165) is 16.7 Å². The van der Waals surface area contributed by atoms with Gasteiger partial charge in [-0.3, -0.25) is 4.79 Å². The molecule has 9 heteroatoms. The number of nitrogens with zero attached hydrogens (tertiary/aromatic N) is 1. The zero-order valence-electron chi connectivity index (χ0n) is 18.2. The van der Waals surface area contributed by atoms with E-state index in [2.05, 4.69) is 5.32 Å². The number of sulfonamides is 1. The fraction of sp³-hybridized carbons (Fsp3) is 0.292. The first kappa shape index (κ1) is 23.6. The molecule has 1 saturated heterocycles. The van der Waals surface area contributed by atoms with E-state index < -0.39 is 27.3 Å². The number of hydrogen-bond donors (Lipinski definition) is 2. The summed E-state index contributed by atoms with van der Waals surface area (Å²) >= 11 is 1.28. The maximum absolute atomic E-state index is 13.4. The lowest BCUT2D eigenvalue weighted by Crippen LogP contribution is -2.45. The number of furan rings is 1. The van der Waals surface area contributed by atoms with Crippen LogP contribution < -0.4 is 5.32 Å². The van der Waals surface area contributed by atoms with E-state index in [4.69, 9.17) is 4.42 Å². The highest BCUT2D eigenvalue weighted by atomic mass is 32.2. The van der Waals surface area contributed by atoms with Crippen molar-refractivity contribution in [1.29, 1.82) is 0 Å². The van der Waals surface area contributed by atoms with Crippen LogP contribution >= 0.6 is 11.8 Å². The molecule has 0 spiro atoms. The van der Waals surface area contributed by atoms with Crippen LogP contribution in [0.1, 0.15) is 23.8 Å². The molecule has 1 fully saturated rings. The lowest BCUT2D eigenvalue weighted by atomic mass is 10.0. The van der Waals surface area contributed by atoms with Crippen LogP contribution in [-0.2, 0) is 14.8 Å². The SMILES string of the molecule is Cc1ccc(-c2ccc(S(=O)(=O)N3CCSC3C(=O)NC(CCO)c3ccco3)cc2)cc1. The van der Waals surface area contributed by atoms with Crippen molar-refractivity contribution in [3.63, 3.8) is 0 Å². The Morgan fingerprint density at radius 3 is 2.42 bits per heavy atom. The van der Waals surface area contributed by atoms with Crippen LogP contribution in [0, 0.1) is 6.92 Å². The Balaban J connectivity index is 1.52. The number of rotatable bonds is 8. The van der Waals surface area contributed by atoms with Gasteiger partial charge < -0.3 is 14.8 Å². The molecule has 0 radical (unpaired) electrons. The Morgan fingerprint density at radius 1 is 1.15 bits per heavy atom. The van der Waals surface area contributed by atoms with Crippen LogP contribution in [0.2, 0.25) is 0 Å². The van der Waals surface area contributed by atoms with Gasteiger partial charge in [-0.2, -0.15) is 4.31 Å². The second kappa shape index (κ2) is 10.1. The van der Waals surface area contributed by atoms with Crippen LogP contribution in [0.25, 0.3) is 11.1 Å². The minimum atomic E-state index is -3.86. The molecule has 1 aliphatic heterocycles. The second-order valence-electron chi connectivity index (χ2n) is 7.82. The minimum Gasteiger partial charge on any atom is -0.467 e. The molecule has 2 atom stereocenters. The Bertz CT molecular complexity index is 1180. The first-order valence-electron chi connectivity index (χ1n) is 10.7. The van der Waals surface area contributed by atoms with Crippen LogP contribution in [-0.4, -0.2) is 48.0 Å². The standard InChI is InChI=1S/C24H26N2O5S2/c1-17-4-6-18(7-5-17)19-8-10-20(11-9-19)33(29,30)26-13-16-32-24(26)23(28)25-21(12-14-27)22-3-2-15-31-22/h2-11,15,21,24,27H,12-14,16H2,1H3,(H,25,28). The lowest BCUT2D eigenvalue weighted by molar-refractivity contribution is -0.123. The molecule has 2 aromatic carbocycles. The van der Waals surface area contributed by atoms with Crippen molar-refractivity contribution in [2.75, 3.05) is 18.9 Å². The third kappa shape index (κ3) is 5.16. The zero-order valence-corrected chi connectivity index (χ0v) is 19.8. The third-order valence-corrected chi connectivity index (χ3v) is 8.75. The molecule has 0 saturated carbocycles. The van der Waals surface area contributed by atoms with Gasteiger partial charge in [0.15, 0.2) is 0 Å². The molecule has 3 aromatic rings. The summed E-state index contributed by atoms with van der Waals surface area (Å²) in [4.78, 5) is 13.2. The maximum atomic E-state index is 13.4. The molecular formula is C24H26N2O5S2. The number of hydrogen-bond acceptors (Lipinski definition) is 6. The van der Waals surface area contributed by atoms with Gasteiger partial charge in [-0.1, -0.05) is 42.0 Å².